The summed E-state index contributed by atoms with van der Waals surface area (Å²) >= 11 is 11.3. The fourth-order valence-electron chi connectivity index (χ4n) is 1.94. The van der Waals surface area contributed by atoms with Crippen LogP contribution >= 0.6 is 23.2 Å². The van der Waals surface area contributed by atoms with Gasteiger partial charge in [0, 0.05) is 24.6 Å². The third kappa shape index (κ3) is 3.69. The smallest absolute Gasteiger partial charge is 0.158 e. The van der Waals surface area contributed by atoms with Crippen LogP contribution in [0, 0.1) is 5.41 Å². The van der Waals surface area contributed by atoms with Crippen LogP contribution in [0.5, 0.6) is 0 Å². The molecule has 100 valence electrons. The third-order valence-corrected chi connectivity index (χ3v) is 3.43. The zero-order valence-electron chi connectivity index (χ0n) is 9.70. The van der Waals surface area contributed by atoms with Crippen molar-refractivity contribution < 1.29 is 18.9 Å². The Labute approximate surface area is 111 Å². The van der Waals surface area contributed by atoms with Gasteiger partial charge < -0.3 is 18.9 Å². The van der Waals surface area contributed by atoms with E-state index in [4.69, 9.17) is 42.1 Å². The molecule has 2 aliphatic rings. The summed E-state index contributed by atoms with van der Waals surface area (Å²) in [7, 11) is 0. The largest absolute Gasteiger partial charge is 0.352 e. The van der Waals surface area contributed by atoms with E-state index >= 15 is 0 Å². The maximum atomic E-state index is 5.64. The van der Waals surface area contributed by atoms with Crippen LogP contribution in [0.4, 0.5) is 0 Å². The molecule has 2 fully saturated rings. The van der Waals surface area contributed by atoms with E-state index < -0.39 is 0 Å². The van der Waals surface area contributed by atoms with E-state index in [1.807, 2.05) is 0 Å². The van der Waals surface area contributed by atoms with Crippen LogP contribution in [0.25, 0.3) is 0 Å². The van der Waals surface area contributed by atoms with Crippen molar-refractivity contribution in [1.29, 1.82) is 0 Å². The van der Waals surface area contributed by atoms with Gasteiger partial charge in [-0.15, -0.1) is 23.2 Å². The molecule has 0 bridgehead atoms. The van der Waals surface area contributed by atoms with Crippen molar-refractivity contribution in [2.24, 2.45) is 5.41 Å². The molecule has 0 amide bonds. The highest BCUT2D eigenvalue weighted by molar-refractivity contribution is 6.18. The molecule has 0 aromatic rings. The summed E-state index contributed by atoms with van der Waals surface area (Å²) in [6.07, 6.45) is 1.07. The Morgan fingerprint density at radius 1 is 0.765 bits per heavy atom. The average Bonchev–Trinajstić information content (AvgIpc) is 2.36. The van der Waals surface area contributed by atoms with Crippen molar-refractivity contribution >= 4 is 23.2 Å². The third-order valence-electron chi connectivity index (χ3n) is 2.99. The molecule has 2 rings (SSSR count). The normalized spacial score (nSPS) is 38.5. The predicted molar refractivity (Wildman–Crippen MR) is 64.5 cm³/mol. The molecule has 6 heteroatoms. The SMILES string of the molecule is ClCCC1OCC2(CO1)COC(CCCl)OC2. The molecule has 2 aliphatic heterocycles. The van der Waals surface area contributed by atoms with Crippen LogP contribution in [0.15, 0.2) is 0 Å². The second-order valence-corrected chi connectivity index (χ2v) is 5.31. The number of alkyl halides is 2. The molecule has 17 heavy (non-hydrogen) atoms. The van der Waals surface area contributed by atoms with Gasteiger partial charge in [-0.25, -0.2) is 0 Å². The lowest BCUT2D eigenvalue weighted by molar-refractivity contribution is -0.302. The lowest BCUT2D eigenvalue weighted by Gasteiger charge is -2.43. The first-order chi connectivity index (χ1) is 8.28. The Hall–Kier alpha value is 0.420. The first-order valence-electron chi connectivity index (χ1n) is 5.86. The highest BCUT2D eigenvalue weighted by atomic mass is 35.5. The van der Waals surface area contributed by atoms with Crippen molar-refractivity contribution in [3.05, 3.63) is 0 Å². The van der Waals surface area contributed by atoms with E-state index in [-0.39, 0.29) is 18.0 Å². The first-order valence-corrected chi connectivity index (χ1v) is 6.93. The summed E-state index contributed by atoms with van der Waals surface area (Å²) in [5.41, 5.74) is -0.161. The van der Waals surface area contributed by atoms with Crippen molar-refractivity contribution in [1.82, 2.24) is 0 Å². The van der Waals surface area contributed by atoms with Gasteiger partial charge in [-0.1, -0.05) is 0 Å². The molecular weight excluding hydrogens is 267 g/mol. The Kier molecular flexibility index (Phi) is 5.33. The van der Waals surface area contributed by atoms with Crippen molar-refractivity contribution in [3.63, 3.8) is 0 Å². The molecule has 0 aliphatic carbocycles. The maximum Gasteiger partial charge on any atom is 0.158 e. The van der Waals surface area contributed by atoms with Gasteiger partial charge in [-0.05, 0) is 0 Å². The van der Waals surface area contributed by atoms with Gasteiger partial charge in [0.15, 0.2) is 12.6 Å². The van der Waals surface area contributed by atoms with Crippen molar-refractivity contribution in [3.8, 4) is 0 Å². The number of hydrogen-bond donors (Lipinski definition) is 0. The monoisotopic (exact) mass is 284 g/mol. The van der Waals surface area contributed by atoms with Gasteiger partial charge in [0.1, 0.15) is 0 Å². The van der Waals surface area contributed by atoms with Crippen LogP contribution < -0.4 is 0 Å². The Balaban J connectivity index is 1.76. The number of ether oxygens (including phenoxy) is 4. The summed E-state index contributed by atoms with van der Waals surface area (Å²) in [5.74, 6) is 1.09. The lowest BCUT2D eigenvalue weighted by atomic mass is 9.90. The molecular formula is C11H18Cl2O4. The zero-order valence-corrected chi connectivity index (χ0v) is 11.2. The summed E-state index contributed by atoms with van der Waals surface area (Å²) in [5, 5.41) is 0. The van der Waals surface area contributed by atoms with Crippen LogP contribution in [-0.2, 0) is 18.9 Å². The van der Waals surface area contributed by atoms with E-state index in [2.05, 4.69) is 0 Å². The Bertz CT molecular complexity index is 196. The average molecular weight is 285 g/mol. The second-order valence-electron chi connectivity index (χ2n) is 4.56. The molecule has 0 aromatic carbocycles. The van der Waals surface area contributed by atoms with Gasteiger partial charge in [-0.3, -0.25) is 0 Å². The maximum absolute atomic E-state index is 5.64. The minimum Gasteiger partial charge on any atom is -0.352 e. The highest BCUT2D eigenvalue weighted by Crippen LogP contribution is 2.31. The summed E-state index contributed by atoms with van der Waals surface area (Å²) < 4.78 is 22.5. The van der Waals surface area contributed by atoms with Gasteiger partial charge in [0.05, 0.1) is 31.8 Å². The molecule has 1 spiro atoms. The molecule has 0 saturated carbocycles. The summed E-state index contributed by atoms with van der Waals surface area (Å²) in [4.78, 5) is 0. The fraction of sp³-hybridized carbons (Fsp3) is 1.00. The van der Waals surface area contributed by atoms with Crippen molar-refractivity contribution in [2.45, 2.75) is 25.4 Å². The van der Waals surface area contributed by atoms with E-state index in [1.54, 1.807) is 0 Å². The zero-order chi connectivity index (χ0) is 12.1. The standard InChI is InChI=1S/C11H18Cl2O4/c12-3-1-9-14-5-11(6-15-9)7-16-10(2-4-13)17-8-11/h9-10H,1-8H2. The molecule has 0 aromatic heterocycles. The van der Waals surface area contributed by atoms with Gasteiger partial charge in [0.25, 0.3) is 0 Å². The van der Waals surface area contributed by atoms with E-state index in [0.717, 1.165) is 0 Å². The molecule has 4 nitrogen and oxygen atoms in total. The van der Waals surface area contributed by atoms with E-state index in [9.17, 15) is 0 Å². The van der Waals surface area contributed by atoms with Crippen LogP contribution in [0.2, 0.25) is 0 Å². The van der Waals surface area contributed by atoms with Gasteiger partial charge >= 0.3 is 0 Å². The van der Waals surface area contributed by atoms with Crippen LogP contribution in [0.1, 0.15) is 12.8 Å². The first kappa shape index (κ1) is 13.8. The molecule has 0 unspecified atom stereocenters. The second kappa shape index (κ2) is 6.55. The summed E-state index contributed by atoms with van der Waals surface area (Å²) in [6.45, 7) is 2.40. The molecule has 0 atom stereocenters. The number of halogens is 2. The van der Waals surface area contributed by atoms with E-state index in [0.29, 0.717) is 51.0 Å². The fourth-order valence-corrected chi connectivity index (χ4v) is 2.29. The Morgan fingerprint density at radius 3 is 1.41 bits per heavy atom. The summed E-state index contributed by atoms with van der Waals surface area (Å²) in [6, 6.07) is 0. The minimum atomic E-state index is -0.182. The quantitative estimate of drug-likeness (QED) is 0.740. The van der Waals surface area contributed by atoms with Gasteiger partial charge in [-0.2, -0.15) is 0 Å². The van der Waals surface area contributed by atoms with Crippen LogP contribution in [0.3, 0.4) is 0 Å². The van der Waals surface area contributed by atoms with Crippen LogP contribution in [-0.4, -0.2) is 50.8 Å². The molecule has 2 saturated heterocycles. The number of hydrogen-bond acceptors (Lipinski definition) is 4. The topological polar surface area (TPSA) is 36.9 Å². The Morgan fingerprint density at radius 2 is 1.12 bits per heavy atom. The minimum absolute atomic E-state index is 0.161. The molecule has 2 heterocycles. The van der Waals surface area contributed by atoms with Crippen molar-refractivity contribution in [2.75, 3.05) is 38.2 Å². The highest BCUT2D eigenvalue weighted by Gasteiger charge is 2.41. The van der Waals surface area contributed by atoms with E-state index in [1.165, 1.54) is 0 Å². The molecule has 0 radical (unpaired) electrons. The van der Waals surface area contributed by atoms with Gasteiger partial charge in [0.2, 0.25) is 0 Å². The molecule has 0 N–H and O–H groups in total. The predicted octanol–water partition coefficient (Wildman–Crippen LogP) is 1.98. The lowest BCUT2D eigenvalue weighted by Crippen LogP contribution is -2.52. The number of rotatable bonds is 4.